The molecular formula is C10H21NOS. The van der Waals surface area contributed by atoms with Crippen LogP contribution in [0.25, 0.3) is 0 Å². The van der Waals surface area contributed by atoms with Crippen molar-refractivity contribution in [2.45, 2.75) is 30.4 Å². The molecule has 3 heteroatoms. The summed E-state index contributed by atoms with van der Waals surface area (Å²) in [5.74, 6) is 0. The van der Waals surface area contributed by atoms with Gasteiger partial charge in [0.05, 0.1) is 0 Å². The molecule has 0 aromatic carbocycles. The molecule has 0 radical (unpaired) electrons. The molecule has 78 valence electrons. The van der Waals surface area contributed by atoms with E-state index in [0.29, 0.717) is 4.75 Å². The smallest absolute Gasteiger partial charge is 0.0462 e. The number of thioether (sulfide) groups is 1. The third kappa shape index (κ3) is 4.34. The lowest BCUT2D eigenvalue weighted by Gasteiger charge is -2.12. The van der Waals surface area contributed by atoms with Gasteiger partial charge in [-0.15, -0.1) is 0 Å². The Morgan fingerprint density at radius 2 is 2.15 bits per heavy atom. The summed E-state index contributed by atoms with van der Waals surface area (Å²) in [6.45, 7) is 3.24. The highest BCUT2D eigenvalue weighted by Crippen LogP contribution is 2.46. The fraction of sp³-hybridized carbons (Fsp3) is 1.00. The standard InChI is InChI=1S/C10H21NOS/c1-12-8-4-3-7-11-9-10(13-2)5-6-10/h11H,3-9H2,1-2H3. The Morgan fingerprint density at radius 3 is 2.69 bits per heavy atom. The summed E-state index contributed by atoms with van der Waals surface area (Å²) in [6, 6.07) is 0. The van der Waals surface area contributed by atoms with Gasteiger partial charge in [-0.05, 0) is 38.5 Å². The highest BCUT2D eigenvalue weighted by Gasteiger charge is 2.41. The molecule has 1 aliphatic rings. The van der Waals surface area contributed by atoms with Crippen LogP contribution in [0.1, 0.15) is 25.7 Å². The quantitative estimate of drug-likeness (QED) is 0.609. The zero-order valence-electron chi connectivity index (χ0n) is 8.77. The first-order valence-electron chi connectivity index (χ1n) is 5.08. The Kier molecular flexibility index (Phi) is 5.14. The topological polar surface area (TPSA) is 21.3 Å². The minimum absolute atomic E-state index is 0.612. The Bertz CT molecular complexity index is 137. The molecule has 0 aromatic heterocycles. The van der Waals surface area contributed by atoms with E-state index < -0.39 is 0 Å². The van der Waals surface area contributed by atoms with E-state index in [-0.39, 0.29) is 0 Å². The zero-order chi connectivity index (χ0) is 9.57. The lowest BCUT2D eigenvalue weighted by atomic mass is 10.3. The van der Waals surface area contributed by atoms with E-state index in [1.54, 1.807) is 7.11 Å². The van der Waals surface area contributed by atoms with Crippen molar-refractivity contribution < 1.29 is 4.74 Å². The van der Waals surface area contributed by atoms with Gasteiger partial charge in [-0.2, -0.15) is 11.8 Å². The van der Waals surface area contributed by atoms with Crippen LogP contribution >= 0.6 is 11.8 Å². The summed E-state index contributed by atoms with van der Waals surface area (Å²) in [5.41, 5.74) is 0. The molecule has 1 fully saturated rings. The maximum Gasteiger partial charge on any atom is 0.0462 e. The maximum atomic E-state index is 4.99. The molecule has 2 nitrogen and oxygen atoms in total. The fourth-order valence-corrected chi connectivity index (χ4v) is 2.16. The summed E-state index contributed by atoms with van der Waals surface area (Å²) in [4.78, 5) is 0. The molecule has 0 heterocycles. The molecule has 0 saturated heterocycles. The largest absolute Gasteiger partial charge is 0.385 e. The van der Waals surface area contributed by atoms with Crippen molar-refractivity contribution in [2.24, 2.45) is 0 Å². The van der Waals surface area contributed by atoms with Crippen molar-refractivity contribution in [3.63, 3.8) is 0 Å². The Hall–Kier alpha value is 0.270. The van der Waals surface area contributed by atoms with Crippen molar-refractivity contribution in [3.8, 4) is 0 Å². The summed E-state index contributed by atoms with van der Waals surface area (Å²) in [6.07, 6.45) is 7.44. The Balaban J connectivity index is 1.84. The van der Waals surface area contributed by atoms with Gasteiger partial charge in [0.2, 0.25) is 0 Å². The van der Waals surface area contributed by atoms with Crippen LogP contribution in [0.2, 0.25) is 0 Å². The highest BCUT2D eigenvalue weighted by molar-refractivity contribution is 8.00. The molecule has 1 N–H and O–H groups in total. The second kappa shape index (κ2) is 5.89. The first kappa shape index (κ1) is 11.3. The SMILES string of the molecule is COCCCCNCC1(SC)CC1. The second-order valence-corrected chi connectivity index (χ2v) is 5.04. The van der Waals surface area contributed by atoms with E-state index in [4.69, 9.17) is 4.74 Å². The van der Waals surface area contributed by atoms with Crippen LogP contribution < -0.4 is 5.32 Å². The number of unbranched alkanes of at least 4 members (excludes halogenated alkanes) is 1. The minimum Gasteiger partial charge on any atom is -0.385 e. The lowest BCUT2D eigenvalue weighted by molar-refractivity contribution is 0.192. The molecule has 13 heavy (non-hydrogen) atoms. The first-order valence-corrected chi connectivity index (χ1v) is 6.30. The van der Waals surface area contributed by atoms with Crippen molar-refractivity contribution in [1.29, 1.82) is 0 Å². The van der Waals surface area contributed by atoms with Crippen LogP contribution in [0, 0.1) is 0 Å². The number of hydrogen-bond acceptors (Lipinski definition) is 3. The molecule has 1 saturated carbocycles. The molecule has 0 bridgehead atoms. The number of hydrogen-bond donors (Lipinski definition) is 1. The molecule has 1 aliphatic carbocycles. The molecular weight excluding hydrogens is 182 g/mol. The highest BCUT2D eigenvalue weighted by atomic mass is 32.2. The Labute approximate surface area is 85.8 Å². The summed E-state index contributed by atoms with van der Waals surface area (Å²) in [5, 5.41) is 3.52. The molecule has 1 rings (SSSR count). The van der Waals surface area contributed by atoms with Gasteiger partial charge in [0.1, 0.15) is 0 Å². The van der Waals surface area contributed by atoms with Gasteiger partial charge in [-0.1, -0.05) is 0 Å². The van der Waals surface area contributed by atoms with Crippen LogP contribution in [0.15, 0.2) is 0 Å². The third-order valence-electron chi connectivity index (χ3n) is 2.64. The number of ether oxygens (including phenoxy) is 1. The minimum atomic E-state index is 0.612. The van der Waals surface area contributed by atoms with Gasteiger partial charge in [-0.25, -0.2) is 0 Å². The molecule has 0 aliphatic heterocycles. The zero-order valence-corrected chi connectivity index (χ0v) is 9.58. The van der Waals surface area contributed by atoms with Crippen molar-refractivity contribution in [2.75, 3.05) is 33.1 Å². The monoisotopic (exact) mass is 203 g/mol. The molecule has 0 spiro atoms. The van der Waals surface area contributed by atoms with E-state index in [2.05, 4.69) is 11.6 Å². The Morgan fingerprint density at radius 1 is 1.38 bits per heavy atom. The van der Waals surface area contributed by atoms with Crippen LogP contribution in [0.4, 0.5) is 0 Å². The van der Waals surface area contributed by atoms with Gasteiger partial charge < -0.3 is 10.1 Å². The van der Waals surface area contributed by atoms with Gasteiger partial charge in [-0.3, -0.25) is 0 Å². The predicted molar refractivity (Wildman–Crippen MR) is 59.5 cm³/mol. The van der Waals surface area contributed by atoms with Crippen molar-refractivity contribution in [1.82, 2.24) is 5.32 Å². The predicted octanol–water partition coefficient (Wildman–Crippen LogP) is 1.90. The van der Waals surface area contributed by atoms with Crippen LogP contribution in [0.3, 0.4) is 0 Å². The summed E-state index contributed by atoms with van der Waals surface area (Å²) in [7, 11) is 1.76. The van der Waals surface area contributed by atoms with E-state index in [9.17, 15) is 0 Å². The lowest BCUT2D eigenvalue weighted by Crippen LogP contribution is -2.26. The van der Waals surface area contributed by atoms with Crippen LogP contribution in [-0.4, -0.2) is 37.8 Å². The average molecular weight is 203 g/mol. The van der Waals surface area contributed by atoms with Crippen molar-refractivity contribution in [3.05, 3.63) is 0 Å². The second-order valence-electron chi connectivity index (χ2n) is 3.76. The molecule has 0 unspecified atom stereocenters. The summed E-state index contributed by atoms with van der Waals surface area (Å²) >= 11 is 2.02. The number of methoxy groups -OCH3 is 1. The molecule has 0 atom stereocenters. The number of rotatable bonds is 8. The fourth-order valence-electron chi connectivity index (χ4n) is 1.41. The van der Waals surface area contributed by atoms with Crippen molar-refractivity contribution >= 4 is 11.8 Å². The first-order chi connectivity index (χ1) is 6.33. The molecule has 0 aromatic rings. The van der Waals surface area contributed by atoms with Crippen LogP contribution in [0.5, 0.6) is 0 Å². The van der Waals surface area contributed by atoms with Gasteiger partial charge in [0.15, 0.2) is 0 Å². The third-order valence-corrected chi connectivity index (χ3v) is 4.06. The van der Waals surface area contributed by atoms with E-state index in [1.165, 1.54) is 32.2 Å². The van der Waals surface area contributed by atoms with Gasteiger partial charge in [0.25, 0.3) is 0 Å². The van der Waals surface area contributed by atoms with E-state index >= 15 is 0 Å². The summed E-state index contributed by atoms with van der Waals surface area (Å²) < 4.78 is 5.60. The normalized spacial score (nSPS) is 18.9. The van der Waals surface area contributed by atoms with Gasteiger partial charge >= 0.3 is 0 Å². The molecule has 0 amide bonds. The maximum absolute atomic E-state index is 4.99. The van der Waals surface area contributed by atoms with Crippen LogP contribution in [-0.2, 0) is 4.74 Å². The van der Waals surface area contributed by atoms with Gasteiger partial charge in [0, 0.05) is 25.0 Å². The number of nitrogens with one attached hydrogen (secondary N) is 1. The van der Waals surface area contributed by atoms with E-state index in [0.717, 1.165) is 13.2 Å². The van der Waals surface area contributed by atoms with E-state index in [1.807, 2.05) is 11.8 Å². The average Bonchev–Trinajstić information content (AvgIpc) is 2.92.